The summed E-state index contributed by atoms with van der Waals surface area (Å²) in [6.07, 6.45) is 4.82. The van der Waals surface area contributed by atoms with Crippen LogP contribution in [0.2, 0.25) is 0 Å². The van der Waals surface area contributed by atoms with Crippen molar-refractivity contribution in [2.24, 2.45) is 0 Å². The molecule has 5 rings (SSSR count). The SMILES string of the molecule is CCCCn1c(CN(CCc2ccc(OC)c(OC)c2)Cc2ccc3c(c2)OCO3)cnc1-c1cccc(F)c1. The van der Waals surface area contributed by atoms with Crippen molar-refractivity contribution in [1.82, 2.24) is 14.5 Å². The van der Waals surface area contributed by atoms with Gasteiger partial charge in [0.05, 0.1) is 26.1 Å². The summed E-state index contributed by atoms with van der Waals surface area (Å²) in [5, 5.41) is 0. The van der Waals surface area contributed by atoms with Crippen LogP contribution in [0.3, 0.4) is 0 Å². The second-order valence-corrected chi connectivity index (χ2v) is 9.93. The van der Waals surface area contributed by atoms with Crippen LogP contribution in [-0.4, -0.2) is 42.0 Å². The van der Waals surface area contributed by atoms with Gasteiger partial charge in [-0.1, -0.05) is 37.6 Å². The largest absolute Gasteiger partial charge is 0.493 e. The van der Waals surface area contributed by atoms with Crippen LogP contribution in [0.15, 0.2) is 66.9 Å². The maximum Gasteiger partial charge on any atom is 0.231 e. The lowest BCUT2D eigenvalue weighted by molar-refractivity contribution is 0.174. The summed E-state index contributed by atoms with van der Waals surface area (Å²) in [5.74, 6) is 3.53. The molecule has 0 saturated carbocycles. The van der Waals surface area contributed by atoms with Gasteiger partial charge < -0.3 is 23.5 Å². The van der Waals surface area contributed by atoms with E-state index >= 15 is 0 Å². The van der Waals surface area contributed by atoms with Gasteiger partial charge in [0.2, 0.25) is 6.79 Å². The van der Waals surface area contributed by atoms with Gasteiger partial charge in [0.25, 0.3) is 0 Å². The Balaban J connectivity index is 1.42. The van der Waals surface area contributed by atoms with Gasteiger partial charge in [-0.25, -0.2) is 9.37 Å². The van der Waals surface area contributed by atoms with E-state index in [9.17, 15) is 4.39 Å². The lowest BCUT2D eigenvalue weighted by Gasteiger charge is -2.24. The van der Waals surface area contributed by atoms with Crippen molar-refractivity contribution in [3.63, 3.8) is 0 Å². The summed E-state index contributed by atoms with van der Waals surface area (Å²) in [5.41, 5.74) is 4.19. The van der Waals surface area contributed by atoms with Gasteiger partial charge in [-0.15, -0.1) is 0 Å². The van der Waals surface area contributed by atoms with Gasteiger partial charge in [-0.2, -0.15) is 0 Å². The van der Waals surface area contributed by atoms with Gasteiger partial charge >= 0.3 is 0 Å². The minimum absolute atomic E-state index is 0.251. The Morgan fingerprint density at radius 3 is 2.55 bits per heavy atom. The first kappa shape index (κ1) is 27.5. The highest BCUT2D eigenvalue weighted by Gasteiger charge is 2.18. The Bertz CT molecular complexity index is 1440. The van der Waals surface area contributed by atoms with Crippen molar-refractivity contribution < 1.29 is 23.3 Å². The number of ether oxygens (including phenoxy) is 4. The van der Waals surface area contributed by atoms with Gasteiger partial charge in [0, 0.05) is 31.7 Å². The normalized spacial score (nSPS) is 12.2. The molecular weight excluding hydrogens is 509 g/mol. The number of hydrogen-bond acceptors (Lipinski definition) is 6. The first-order valence-electron chi connectivity index (χ1n) is 13.7. The molecule has 0 fully saturated rings. The Labute approximate surface area is 235 Å². The van der Waals surface area contributed by atoms with Crippen LogP contribution in [0.5, 0.6) is 23.0 Å². The Hall–Kier alpha value is -4.04. The molecular formula is C32H36FN3O4. The number of nitrogens with zero attached hydrogens (tertiary/aromatic N) is 3. The molecule has 0 aliphatic carbocycles. The molecule has 0 spiro atoms. The van der Waals surface area contributed by atoms with Gasteiger partial charge in [0.1, 0.15) is 11.6 Å². The first-order chi connectivity index (χ1) is 19.6. The fourth-order valence-corrected chi connectivity index (χ4v) is 5.02. The fraction of sp³-hybridized carbons (Fsp3) is 0.344. The molecule has 2 heterocycles. The lowest BCUT2D eigenvalue weighted by atomic mass is 10.1. The highest BCUT2D eigenvalue weighted by molar-refractivity contribution is 5.56. The molecule has 1 aliphatic heterocycles. The molecule has 8 heteroatoms. The number of fused-ring (bicyclic) bond motifs is 1. The maximum atomic E-state index is 14.1. The Morgan fingerprint density at radius 2 is 1.75 bits per heavy atom. The molecule has 7 nitrogen and oxygen atoms in total. The van der Waals surface area contributed by atoms with Crippen molar-refractivity contribution >= 4 is 0 Å². The van der Waals surface area contributed by atoms with Crippen LogP contribution in [-0.2, 0) is 26.1 Å². The standard InChI is InChI=1S/C32H36FN3O4/c1-4-5-14-36-27(19-34-32(36)25-7-6-8-26(33)18-25)21-35(20-24-10-12-29-31(17-24)40-22-39-29)15-13-23-9-11-28(37-2)30(16-23)38-3/h6-12,16-19H,4-5,13-15,20-22H2,1-3H3. The monoisotopic (exact) mass is 545 g/mol. The molecule has 0 amide bonds. The zero-order chi connectivity index (χ0) is 27.9. The summed E-state index contributed by atoms with van der Waals surface area (Å²) in [4.78, 5) is 7.16. The molecule has 1 aliphatic rings. The van der Waals surface area contributed by atoms with Crippen LogP contribution >= 0.6 is 0 Å². The first-order valence-corrected chi connectivity index (χ1v) is 13.7. The van der Waals surface area contributed by atoms with Crippen molar-refractivity contribution in [3.05, 3.63) is 89.5 Å². The number of halogens is 1. The van der Waals surface area contributed by atoms with Crippen molar-refractivity contribution in [2.45, 2.75) is 45.8 Å². The van der Waals surface area contributed by atoms with E-state index < -0.39 is 0 Å². The smallest absolute Gasteiger partial charge is 0.231 e. The van der Waals surface area contributed by atoms with Crippen LogP contribution in [0, 0.1) is 5.82 Å². The predicted molar refractivity (Wildman–Crippen MR) is 152 cm³/mol. The van der Waals surface area contributed by atoms with Crippen molar-refractivity contribution in [1.29, 1.82) is 0 Å². The third-order valence-corrected chi connectivity index (χ3v) is 7.15. The summed E-state index contributed by atoms with van der Waals surface area (Å²) in [6.45, 7) is 5.46. The number of methoxy groups -OCH3 is 2. The highest BCUT2D eigenvalue weighted by atomic mass is 19.1. The van der Waals surface area contributed by atoms with E-state index in [1.54, 1.807) is 26.4 Å². The average Bonchev–Trinajstić information content (AvgIpc) is 3.61. The van der Waals surface area contributed by atoms with Gasteiger partial charge in [-0.05, 0) is 60.4 Å². The second kappa shape index (κ2) is 12.9. The number of hydrogen-bond donors (Lipinski definition) is 0. The van der Waals surface area contributed by atoms with Crippen LogP contribution in [0.4, 0.5) is 4.39 Å². The van der Waals surface area contributed by atoms with E-state index in [2.05, 4.69) is 34.6 Å². The van der Waals surface area contributed by atoms with Gasteiger partial charge in [0.15, 0.2) is 23.0 Å². The maximum absolute atomic E-state index is 14.1. The summed E-state index contributed by atoms with van der Waals surface area (Å²) in [6, 6.07) is 18.8. The summed E-state index contributed by atoms with van der Waals surface area (Å²) < 4.78 is 38.4. The minimum Gasteiger partial charge on any atom is -0.493 e. The van der Waals surface area contributed by atoms with Crippen molar-refractivity contribution in [3.8, 4) is 34.4 Å². The fourth-order valence-electron chi connectivity index (χ4n) is 5.02. The van der Waals surface area contributed by atoms with Gasteiger partial charge in [-0.3, -0.25) is 4.90 Å². The lowest BCUT2D eigenvalue weighted by Crippen LogP contribution is -2.27. The Morgan fingerprint density at radius 1 is 0.925 bits per heavy atom. The Kier molecular flexibility index (Phi) is 8.86. The molecule has 0 unspecified atom stereocenters. The molecule has 0 atom stereocenters. The molecule has 0 bridgehead atoms. The van der Waals surface area contributed by atoms with E-state index in [0.29, 0.717) is 12.3 Å². The van der Waals surface area contributed by atoms with Crippen LogP contribution < -0.4 is 18.9 Å². The number of unbranched alkanes of at least 4 members (excludes halogenated alkanes) is 1. The third kappa shape index (κ3) is 6.39. The molecule has 0 radical (unpaired) electrons. The molecule has 0 N–H and O–H groups in total. The number of imidazole rings is 1. The topological polar surface area (TPSA) is 58.0 Å². The van der Waals surface area contributed by atoms with Crippen LogP contribution in [0.25, 0.3) is 11.4 Å². The van der Waals surface area contributed by atoms with E-state index in [0.717, 1.165) is 84.4 Å². The molecule has 1 aromatic heterocycles. The molecule has 210 valence electrons. The quantitative estimate of drug-likeness (QED) is 0.192. The van der Waals surface area contributed by atoms with Crippen molar-refractivity contribution in [2.75, 3.05) is 27.6 Å². The third-order valence-electron chi connectivity index (χ3n) is 7.15. The van der Waals surface area contributed by atoms with E-state index in [4.69, 9.17) is 23.9 Å². The average molecular weight is 546 g/mol. The second-order valence-electron chi connectivity index (χ2n) is 9.93. The summed E-state index contributed by atoms with van der Waals surface area (Å²) >= 11 is 0. The minimum atomic E-state index is -0.261. The van der Waals surface area contributed by atoms with Crippen LogP contribution in [0.1, 0.15) is 36.6 Å². The van der Waals surface area contributed by atoms with E-state index in [1.165, 1.54) is 6.07 Å². The zero-order valence-corrected chi connectivity index (χ0v) is 23.4. The number of benzene rings is 3. The van der Waals surface area contributed by atoms with E-state index in [1.807, 2.05) is 30.5 Å². The predicted octanol–water partition coefficient (Wildman–Crippen LogP) is 6.48. The molecule has 3 aromatic carbocycles. The molecule has 0 saturated heterocycles. The highest BCUT2D eigenvalue weighted by Crippen LogP contribution is 2.33. The molecule has 4 aromatic rings. The molecule has 40 heavy (non-hydrogen) atoms. The van der Waals surface area contributed by atoms with E-state index in [-0.39, 0.29) is 12.6 Å². The zero-order valence-electron chi connectivity index (χ0n) is 23.4. The summed E-state index contributed by atoms with van der Waals surface area (Å²) in [7, 11) is 3.30. The number of rotatable bonds is 13. The number of aromatic nitrogens is 2.